The molecule has 2 aromatic carbocycles. The van der Waals surface area contributed by atoms with E-state index < -0.39 is 12.0 Å². The van der Waals surface area contributed by atoms with Crippen LogP contribution in [0.25, 0.3) is 0 Å². The van der Waals surface area contributed by atoms with Crippen LogP contribution in [0.15, 0.2) is 42.5 Å². The van der Waals surface area contributed by atoms with E-state index >= 15 is 0 Å². The molecule has 0 aliphatic carbocycles. The molecule has 2 rings (SSSR count). The van der Waals surface area contributed by atoms with Gasteiger partial charge in [0.25, 0.3) is 5.91 Å². The summed E-state index contributed by atoms with van der Waals surface area (Å²) in [6, 6.07) is 12.6. The minimum absolute atomic E-state index is 0.143. The van der Waals surface area contributed by atoms with Gasteiger partial charge in [0.05, 0.1) is 6.42 Å². The van der Waals surface area contributed by atoms with Crippen molar-refractivity contribution in [1.29, 1.82) is 0 Å². The molecule has 0 saturated heterocycles. The van der Waals surface area contributed by atoms with Crippen LogP contribution in [0.3, 0.4) is 0 Å². The average Bonchev–Trinajstić information content (AvgIpc) is 2.58. The molecule has 0 bridgehead atoms. The Balaban J connectivity index is 1.83. The standard InChI is InChI=1S/C19H21ClN2O3/c1-12-5-4-6-17(13(12)2)25-14(3)19(24)22-21-18(23)11-15-7-9-16(20)10-8-15/h4-10,14H,11H2,1-3H3,(H,21,23)(H,22,24)/t14-/m0/s1. The summed E-state index contributed by atoms with van der Waals surface area (Å²) in [7, 11) is 0. The highest BCUT2D eigenvalue weighted by molar-refractivity contribution is 6.30. The molecule has 5 nitrogen and oxygen atoms in total. The SMILES string of the molecule is Cc1cccc(O[C@@H](C)C(=O)NNC(=O)Cc2ccc(Cl)cc2)c1C. The van der Waals surface area contributed by atoms with Crippen LogP contribution in [0.5, 0.6) is 5.75 Å². The largest absolute Gasteiger partial charge is 0.481 e. The Bertz CT molecular complexity index is 760. The molecule has 0 spiro atoms. The molecule has 1 atom stereocenters. The van der Waals surface area contributed by atoms with Crippen molar-refractivity contribution in [2.24, 2.45) is 0 Å². The second-order valence-corrected chi connectivity index (χ2v) is 6.24. The average molecular weight is 361 g/mol. The third-order valence-electron chi connectivity index (χ3n) is 3.83. The lowest BCUT2D eigenvalue weighted by atomic mass is 10.1. The number of nitrogens with one attached hydrogen (secondary N) is 2. The summed E-state index contributed by atoms with van der Waals surface area (Å²) in [5.74, 6) is -0.102. The minimum atomic E-state index is -0.740. The molecule has 0 radical (unpaired) electrons. The predicted octanol–water partition coefficient (Wildman–Crippen LogP) is 3.11. The van der Waals surface area contributed by atoms with E-state index in [-0.39, 0.29) is 12.3 Å². The Morgan fingerprint density at radius 1 is 1.08 bits per heavy atom. The van der Waals surface area contributed by atoms with E-state index in [1.165, 1.54) is 0 Å². The second-order valence-electron chi connectivity index (χ2n) is 5.80. The highest BCUT2D eigenvalue weighted by atomic mass is 35.5. The van der Waals surface area contributed by atoms with Crippen molar-refractivity contribution in [2.45, 2.75) is 33.3 Å². The van der Waals surface area contributed by atoms with Crippen LogP contribution in [0, 0.1) is 13.8 Å². The number of ether oxygens (including phenoxy) is 1. The van der Waals surface area contributed by atoms with E-state index in [0.29, 0.717) is 10.8 Å². The number of carbonyl (C=O) groups is 2. The molecule has 0 fully saturated rings. The predicted molar refractivity (Wildman–Crippen MR) is 97.4 cm³/mol. The van der Waals surface area contributed by atoms with Gasteiger partial charge in [0.1, 0.15) is 5.75 Å². The number of rotatable bonds is 5. The maximum Gasteiger partial charge on any atom is 0.279 e. The molecular formula is C19H21ClN2O3. The fourth-order valence-corrected chi connectivity index (χ4v) is 2.29. The Labute approximate surface area is 152 Å². The first kappa shape index (κ1) is 18.8. The van der Waals surface area contributed by atoms with Crippen molar-refractivity contribution in [2.75, 3.05) is 0 Å². The van der Waals surface area contributed by atoms with E-state index in [4.69, 9.17) is 16.3 Å². The highest BCUT2D eigenvalue weighted by Gasteiger charge is 2.16. The van der Waals surface area contributed by atoms with Gasteiger partial charge in [-0.3, -0.25) is 20.4 Å². The molecule has 2 N–H and O–H groups in total. The molecule has 2 amide bonds. The third-order valence-corrected chi connectivity index (χ3v) is 4.08. The van der Waals surface area contributed by atoms with Crippen molar-refractivity contribution < 1.29 is 14.3 Å². The summed E-state index contributed by atoms with van der Waals surface area (Å²) >= 11 is 5.80. The number of hydrogen-bond donors (Lipinski definition) is 2. The normalized spacial score (nSPS) is 11.5. The topological polar surface area (TPSA) is 67.4 Å². The summed E-state index contributed by atoms with van der Waals surface area (Å²) in [4.78, 5) is 24.0. The number of benzene rings is 2. The third kappa shape index (κ3) is 5.50. The molecule has 25 heavy (non-hydrogen) atoms. The fourth-order valence-electron chi connectivity index (χ4n) is 2.16. The molecule has 6 heteroatoms. The summed E-state index contributed by atoms with van der Waals surface area (Å²) in [5.41, 5.74) is 7.63. The Morgan fingerprint density at radius 2 is 1.76 bits per heavy atom. The first-order valence-electron chi connectivity index (χ1n) is 7.93. The molecule has 0 saturated carbocycles. The van der Waals surface area contributed by atoms with Crippen LogP contribution in [0.2, 0.25) is 5.02 Å². The first-order chi connectivity index (χ1) is 11.9. The van der Waals surface area contributed by atoms with Crippen molar-refractivity contribution in [3.05, 3.63) is 64.2 Å². The maximum atomic E-state index is 12.1. The summed E-state index contributed by atoms with van der Waals surface area (Å²) in [6.07, 6.45) is -0.597. The number of halogens is 1. The van der Waals surface area contributed by atoms with Gasteiger partial charge in [-0.2, -0.15) is 0 Å². The monoisotopic (exact) mass is 360 g/mol. The number of aryl methyl sites for hydroxylation is 1. The van der Waals surface area contributed by atoms with E-state index in [9.17, 15) is 9.59 Å². The fraction of sp³-hybridized carbons (Fsp3) is 0.263. The van der Waals surface area contributed by atoms with Gasteiger partial charge >= 0.3 is 0 Å². The van der Waals surface area contributed by atoms with Gasteiger partial charge in [-0.1, -0.05) is 35.9 Å². The molecular weight excluding hydrogens is 340 g/mol. The molecule has 132 valence electrons. The lowest BCUT2D eigenvalue weighted by molar-refractivity contribution is -0.132. The quantitative estimate of drug-likeness (QED) is 0.805. The van der Waals surface area contributed by atoms with Crippen molar-refractivity contribution in [3.63, 3.8) is 0 Å². The van der Waals surface area contributed by atoms with Gasteiger partial charge in [-0.25, -0.2) is 0 Å². The van der Waals surface area contributed by atoms with E-state index in [0.717, 1.165) is 16.7 Å². The Morgan fingerprint density at radius 3 is 2.44 bits per heavy atom. The molecule has 0 heterocycles. The first-order valence-corrected chi connectivity index (χ1v) is 8.30. The van der Waals surface area contributed by atoms with Crippen LogP contribution in [-0.4, -0.2) is 17.9 Å². The number of hydrogen-bond acceptors (Lipinski definition) is 3. The molecule has 0 aromatic heterocycles. The van der Waals surface area contributed by atoms with Crippen LogP contribution < -0.4 is 15.6 Å². The zero-order valence-electron chi connectivity index (χ0n) is 14.4. The molecule has 0 aliphatic rings. The summed E-state index contributed by atoms with van der Waals surface area (Å²) in [5, 5.41) is 0.606. The van der Waals surface area contributed by atoms with E-state index in [2.05, 4.69) is 10.9 Å². The number of amides is 2. The lowest BCUT2D eigenvalue weighted by Crippen LogP contribution is -2.47. The van der Waals surface area contributed by atoms with Crippen LogP contribution in [0.4, 0.5) is 0 Å². The second kappa shape index (κ2) is 8.53. The lowest BCUT2D eigenvalue weighted by Gasteiger charge is -2.17. The van der Waals surface area contributed by atoms with Crippen molar-refractivity contribution in [1.82, 2.24) is 10.9 Å². The Hall–Kier alpha value is -2.53. The van der Waals surface area contributed by atoms with Crippen molar-refractivity contribution >= 4 is 23.4 Å². The van der Waals surface area contributed by atoms with E-state index in [1.54, 1.807) is 31.2 Å². The highest BCUT2D eigenvalue weighted by Crippen LogP contribution is 2.21. The number of hydrazine groups is 1. The van der Waals surface area contributed by atoms with Crippen molar-refractivity contribution in [3.8, 4) is 5.75 Å². The van der Waals surface area contributed by atoms with Crippen LogP contribution in [0.1, 0.15) is 23.6 Å². The van der Waals surface area contributed by atoms with Gasteiger partial charge < -0.3 is 4.74 Å². The number of carbonyl (C=O) groups excluding carboxylic acids is 2. The smallest absolute Gasteiger partial charge is 0.279 e. The van der Waals surface area contributed by atoms with Gasteiger partial charge in [-0.15, -0.1) is 0 Å². The van der Waals surface area contributed by atoms with Gasteiger partial charge in [0.15, 0.2) is 6.10 Å². The zero-order valence-corrected chi connectivity index (χ0v) is 15.2. The van der Waals surface area contributed by atoms with Gasteiger partial charge in [-0.05, 0) is 55.7 Å². The molecule has 0 unspecified atom stereocenters. The molecule has 2 aromatic rings. The van der Waals surface area contributed by atoms with E-state index in [1.807, 2.05) is 32.0 Å². The van der Waals surface area contributed by atoms with Gasteiger partial charge in [0.2, 0.25) is 5.91 Å². The van der Waals surface area contributed by atoms with Crippen LogP contribution >= 0.6 is 11.6 Å². The van der Waals surface area contributed by atoms with Crippen LogP contribution in [-0.2, 0) is 16.0 Å². The minimum Gasteiger partial charge on any atom is -0.481 e. The van der Waals surface area contributed by atoms with Gasteiger partial charge in [0, 0.05) is 5.02 Å². The summed E-state index contributed by atoms with van der Waals surface area (Å²) < 4.78 is 5.67. The maximum absolute atomic E-state index is 12.1. The Kier molecular flexibility index (Phi) is 6.42. The molecule has 0 aliphatic heterocycles. The summed E-state index contributed by atoms with van der Waals surface area (Å²) in [6.45, 7) is 5.54. The zero-order chi connectivity index (χ0) is 18.4.